The van der Waals surface area contributed by atoms with E-state index in [0.29, 0.717) is 13.2 Å². The number of rotatable bonds is 5. The van der Waals surface area contributed by atoms with Gasteiger partial charge < -0.3 is 15.6 Å². The van der Waals surface area contributed by atoms with E-state index in [1.807, 2.05) is 42.5 Å². The summed E-state index contributed by atoms with van der Waals surface area (Å²) in [6.07, 6.45) is 0. The van der Waals surface area contributed by atoms with Gasteiger partial charge in [-0.2, -0.15) is 0 Å². The smallest absolute Gasteiger partial charge is 0.119 e. The molecular weight excluding hydrogens is 226 g/mol. The van der Waals surface area contributed by atoms with Crippen LogP contribution >= 0.6 is 0 Å². The number of para-hydroxylation sites is 2. The highest BCUT2D eigenvalue weighted by Crippen LogP contribution is 2.25. The first kappa shape index (κ1) is 12.5. The van der Waals surface area contributed by atoms with Gasteiger partial charge in [-0.3, -0.25) is 0 Å². The monoisotopic (exact) mass is 243 g/mol. The first-order valence-electron chi connectivity index (χ1n) is 5.97. The zero-order valence-electron chi connectivity index (χ0n) is 10.1. The van der Waals surface area contributed by atoms with E-state index in [4.69, 9.17) is 10.5 Å². The Labute approximate surface area is 107 Å². The number of phenolic OH excluding ortho intramolecular Hbond substituents is 1. The predicted molar refractivity (Wildman–Crippen MR) is 71.8 cm³/mol. The van der Waals surface area contributed by atoms with Gasteiger partial charge in [-0.1, -0.05) is 36.4 Å². The Morgan fingerprint density at radius 2 is 1.67 bits per heavy atom. The average molecular weight is 243 g/mol. The maximum Gasteiger partial charge on any atom is 0.119 e. The summed E-state index contributed by atoms with van der Waals surface area (Å²) in [7, 11) is 0. The number of aromatic hydroxyl groups is 1. The van der Waals surface area contributed by atoms with E-state index in [-0.39, 0.29) is 11.7 Å². The van der Waals surface area contributed by atoms with Gasteiger partial charge in [-0.15, -0.1) is 0 Å². The second kappa shape index (κ2) is 6.07. The first-order chi connectivity index (χ1) is 8.81. The highest BCUT2D eigenvalue weighted by Gasteiger charge is 2.14. The molecule has 0 bridgehead atoms. The molecule has 0 spiro atoms. The molecular formula is C15H17NO2. The van der Waals surface area contributed by atoms with Crippen LogP contribution in [0.2, 0.25) is 0 Å². The van der Waals surface area contributed by atoms with E-state index < -0.39 is 0 Å². The third-order valence-electron chi connectivity index (χ3n) is 2.86. The SMILES string of the molecule is NCC(COc1ccccc1)c1ccccc1O. The Bertz CT molecular complexity index is 485. The Hall–Kier alpha value is -2.00. The summed E-state index contributed by atoms with van der Waals surface area (Å²) in [5.41, 5.74) is 6.58. The quantitative estimate of drug-likeness (QED) is 0.848. The van der Waals surface area contributed by atoms with Crippen molar-refractivity contribution in [2.24, 2.45) is 5.73 Å². The number of phenols is 1. The minimum absolute atomic E-state index is 0.00796. The van der Waals surface area contributed by atoms with Crippen LogP contribution < -0.4 is 10.5 Å². The molecule has 2 rings (SSSR count). The highest BCUT2D eigenvalue weighted by atomic mass is 16.5. The molecule has 0 saturated carbocycles. The Morgan fingerprint density at radius 1 is 1.00 bits per heavy atom. The van der Waals surface area contributed by atoms with Crippen LogP contribution in [0.25, 0.3) is 0 Å². The molecule has 0 aromatic heterocycles. The lowest BCUT2D eigenvalue weighted by Crippen LogP contribution is -2.19. The van der Waals surface area contributed by atoms with Crippen molar-refractivity contribution in [3.63, 3.8) is 0 Å². The van der Waals surface area contributed by atoms with Crippen molar-refractivity contribution < 1.29 is 9.84 Å². The van der Waals surface area contributed by atoms with Crippen LogP contribution in [0.5, 0.6) is 11.5 Å². The minimum atomic E-state index is -0.00796. The maximum atomic E-state index is 9.80. The molecule has 3 nitrogen and oxygen atoms in total. The predicted octanol–water partition coefficient (Wildman–Crippen LogP) is 2.51. The molecule has 2 aromatic rings. The molecule has 0 radical (unpaired) electrons. The van der Waals surface area contributed by atoms with Gasteiger partial charge >= 0.3 is 0 Å². The summed E-state index contributed by atoms with van der Waals surface area (Å²) >= 11 is 0. The molecule has 3 heteroatoms. The first-order valence-corrected chi connectivity index (χ1v) is 5.97. The highest BCUT2D eigenvalue weighted by molar-refractivity contribution is 5.35. The van der Waals surface area contributed by atoms with Crippen molar-refractivity contribution in [3.8, 4) is 11.5 Å². The van der Waals surface area contributed by atoms with E-state index in [1.165, 1.54) is 0 Å². The summed E-state index contributed by atoms with van der Waals surface area (Å²) in [5.74, 6) is 1.07. The van der Waals surface area contributed by atoms with Gasteiger partial charge in [0.2, 0.25) is 0 Å². The molecule has 0 fully saturated rings. The standard InChI is InChI=1S/C15H17NO2/c16-10-12(14-8-4-5-9-15(14)17)11-18-13-6-2-1-3-7-13/h1-9,12,17H,10-11,16H2. The van der Waals surface area contributed by atoms with Crippen molar-refractivity contribution in [2.45, 2.75) is 5.92 Å². The lowest BCUT2D eigenvalue weighted by Gasteiger charge is -2.17. The van der Waals surface area contributed by atoms with Gasteiger partial charge in [0.05, 0.1) is 6.61 Å². The molecule has 94 valence electrons. The fraction of sp³-hybridized carbons (Fsp3) is 0.200. The third kappa shape index (κ3) is 3.02. The minimum Gasteiger partial charge on any atom is -0.508 e. The normalized spacial score (nSPS) is 12.1. The molecule has 2 aromatic carbocycles. The van der Waals surface area contributed by atoms with Crippen molar-refractivity contribution in [1.82, 2.24) is 0 Å². The van der Waals surface area contributed by atoms with Crippen LogP contribution in [0.1, 0.15) is 11.5 Å². The second-order valence-electron chi connectivity index (χ2n) is 4.12. The van der Waals surface area contributed by atoms with Crippen LogP contribution in [0.3, 0.4) is 0 Å². The molecule has 3 N–H and O–H groups in total. The van der Waals surface area contributed by atoms with Crippen LogP contribution in [0.4, 0.5) is 0 Å². The topological polar surface area (TPSA) is 55.5 Å². The van der Waals surface area contributed by atoms with E-state index in [9.17, 15) is 5.11 Å². The Balaban J connectivity index is 2.04. The summed E-state index contributed by atoms with van der Waals surface area (Å²) in [6.45, 7) is 0.891. The second-order valence-corrected chi connectivity index (χ2v) is 4.12. The zero-order chi connectivity index (χ0) is 12.8. The molecule has 18 heavy (non-hydrogen) atoms. The fourth-order valence-corrected chi connectivity index (χ4v) is 1.83. The fourth-order valence-electron chi connectivity index (χ4n) is 1.83. The van der Waals surface area contributed by atoms with Crippen LogP contribution in [-0.2, 0) is 0 Å². The number of hydrogen-bond donors (Lipinski definition) is 2. The summed E-state index contributed by atoms with van der Waals surface area (Å²) in [5, 5.41) is 9.80. The van der Waals surface area contributed by atoms with Crippen LogP contribution in [-0.4, -0.2) is 18.3 Å². The maximum absolute atomic E-state index is 9.80. The molecule has 0 aliphatic carbocycles. The van der Waals surface area contributed by atoms with Gasteiger partial charge in [-0.05, 0) is 18.2 Å². The molecule has 0 saturated heterocycles. The van der Waals surface area contributed by atoms with E-state index >= 15 is 0 Å². The van der Waals surface area contributed by atoms with Gasteiger partial charge in [0, 0.05) is 18.0 Å². The average Bonchev–Trinajstić information content (AvgIpc) is 2.42. The lowest BCUT2D eigenvalue weighted by molar-refractivity contribution is 0.287. The molecule has 0 heterocycles. The Kier molecular flexibility index (Phi) is 4.20. The number of benzene rings is 2. The molecule has 0 amide bonds. The molecule has 0 aliphatic rings. The van der Waals surface area contributed by atoms with Crippen LogP contribution in [0.15, 0.2) is 54.6 Å². The largest absolute Gasteiger partial charge is 0.508 e. The summed E-state index contributed by atoms with van der Waals surface area (Å²) in [4.78, 5) is 0. The van der Waals surface area contributed by atoms with Gasteiger partial charge in [0.25, 0.3) is 0 Å². The molecule has 1 atom stereocenters. The summed E-state index contributed by atoms with van der Waals surface area (Å²) < 4.78 is 5.68. The van der Waals surface area contributed by atoms with Crippen molar-refractivity contribution in [1.29, 1.82) is 0 Å². The number of ether oxygens (including phenoxy) is 1. The van der Waals surface area contributed by atoms with Crippen molar-refractivity contribution in [2.75, 3.05) is 13.2 Å². The van der Waals surface area contributed by atoms with E-state index in [0.717, 1.165) is 11.3 Å². The van der Waals surface area contributed by atoms with E-state index in [2.05, 4.69) is 0 Å². The van der Waals surface area contributed by atoms with Crippen molar-refractivity contribution in [3.05, 3.63) is 60.2 Å². The van der Waals surface area contributed by atoms with Crippen LogP contribution in [0, 0.1) is 0 Å². The number of nitrogens with two attached hydrogens (primary N) is 1. The zero-order valence-corrected chi connectivity index (χ0v) is 10.1. The van der Waals surface area contributed by atoms with Gasteiger partial charge in [0.1, 0.15) is 11.5 Å². The molecule has 0 aliphatic heterocycles. The summed E-state index contributed by atoms with van der Waals surface area (Å²) in [6, 6.07) is 16.8. The number of hydrogen-bond acceptors (Lipinski definition) is 3. The van der Waals surface area contributed by atoms with Crippen molar-refractivity contribution >= 4 is 0 Å². The third-order valence-corrected chi connectivity index (χ3v) is 2.86. The lowest BCUT2D eigenvalue weighted by atomic mass is 9.99. The molecule has 1 unspecified atom stereocenters. The van der Waals surface area contributed by atoms with Gasteiger partial charge in [0.15, 0.2) is 0 Å². The van der Waals surface area contributed by atoms with E-state index in [1.54, 1.807) is 12.1 Å². The van der Waals surface area contributed by atoms with Gasteiger partial charge in [-0.25, -0.2) is 0 Å². The Morgan fingerprint density at radius 3 is 2.33 bits per heavy atom.